The summed E-state index contributed by atoms with van der Waals surface area (Å²) in [4.78, 5) is 22.0. The zero-order valence-corrected chi connectivity index (χ0v) is 17.8. The lowest BCUT2D eigenvalue weighted by Gasteiger charge is -2.27. The number of halogens is 1. The minimum atomic E-state index is -3.43. The second-order valence-electron chi connectivity index (χ2n) is 7.79. The summed E-state index contributed by atoms with van der Waals surface area (Å²) in [5, 5.41) is 23.4. The third kappa shape index (κ3) is 4.27. The van der Waals surface area contributed by atoms with Crippen LogP contribution in [0.3, 0.4) is 0 Å². The van der Waals surface area contributed by atoms with E-state index in [2.05, 4.69) is 20.0 Å². The van der Waals surface area contributed by atoms with Crippen LogP contribution in [0.2, 0.25) is 0 Å². The molecule has 1 aliphatic heterocycles. The molecule has 2 aromatic heterocycles. The van der Waals surface area contributed by atoms with E-state index in [-0.39, 0.29) is 29.1 Å². The lowest BCUT2D eigenvalue weighted by Crippen LogP contribution is -2.43. The van der Waals surface area contributed by atoms with Gasteiger partial charge in [0, 0.05) is 12.7 Å². The van der Waals surface area contributed by atoms with Crippen molar-refractivity contribution in [1.82, 2.24) is 24.6 Å². The van der Waals surface area contributed by atoms with Crippen molar-refractivity contribution in [3.05, 3.63) is 16.7 Å². The number of aliphatic hydroxyl groups is 2. The molecule has 1 aliphatic rings. The molecule has 0 amide bonds. The third-order valence-corrected chi connectivity index (χ3v) is 6.54. The molecule has 1 saturated heterocycles. The van der Waals surface area contributed by atoms with Gasteiger partial charge in [0.2, 0.25) is 5.95 Å². The van der Waals surface area contributed by atoms with Gasteiger partial charge < -0.3 is 25.2 Å². The lowest BCUT2D eigenvalue weighted by molar-refractivity contribution is -0.202. The summed E-state index contributed by atoms with van der Waals surface area (Å²) in [7, 11) is -3.43. The highest BCUT2D eigenvalue weighted by Crippen LogP contribution is 2.45. The minimum absolute atomic E-state index is 0.0637. The highest BCUT2D eigenvalue weighted by molar-refractivity contribution is 7.56. The number of ether oxygens (including phenoxy) is 1. The number of H-pyrrole nitrogens is 1. The molecule has 6 N–H and O–H groups in total. The Morgan fingerprint density at radius 3 is 2.80 bits per heavy atom. The number of aromatic amines is 1. The lowest BCUT2D eigenvalue weighted by atomic mass is 10.1. The third-order valence-electron chi connectivity index (χ3n) is 5.04. The van der Waals surface area contributed by atoms with Crippen LogP contribution in [0.25, 0.3) is 11.2 Å². The van der Waals surface area contributed by atoms with Crippen LogP contribution < -0.4 is 16.4 Å². The van der Waals surface area contributed by atoms with Gasteiger partial charge in [0.1, 0.15) is 18.8 Å². The Morgan fingerprint density at radius 2 is 2.17 bits per heavy atom. The monoisotopic (exact) mass is 448 g/mol. The number of anilines is 1. The molecule has 1 fully saturated rings. The molecule has 2 unspecified atom stereocenters. The fourth-order valence-corrected chi connectivity index (χ4v) is 4.52. The van der Waals surface area contributed by atoms with Crippen LogP contribution in [0.15, 0.2) is 11.1 Å². The second kappa shape index (κ2) is 7.98. The largest absolute Gasteiger partial charge is 0.385 e. The summed E-state index contributed by atoms with van der Waals surface area (Å²) in [5.41, 5.74) is 4.73. The highest BCUT2D eigenvalue weighted by Gasteiger charge is 2.57. The predicted octanol–water partition coefficient (Wildman–Crippen LogP) is 0.0918. The summed E-state index contributed by atoms with van der Waals surface area (Å²) in [6.07, 6.45) is -4.15. The van der Waals surface area contributed by atoms with Crippen molar-refractivity contribution < 1.29 is 28.4 Å². The van der Waals surface area contributed by atoms with Crippen LogP contribution in [-0.2, 0) is 13.8 Å². The molecule has 0 aromatic carbocycles. The molecule has 0 spiro atoms. The Balaban J connectivity index is 1.81. The first-order chi connectivity index (χ1) is 13.8. The maximum absolute atomic E-state index is 15.3. The number of fused-ring (bicyclic) bond motifs is 1. The quantitative estimate of drug-likeness (QED) is 0.365. The molecule has 0 radical (unpaired) electrons. The molecule has 2 aromatic rings. The summed E-state index contributed by atoms with van der Waals surface area (Å²) >= 11 is 0. The van der Waals surface area contributed by atoms with Crippen molar-refractivity contribution in [2.24, 2.45) is 5.92 Å². The maximum Gasteiger partial charge on any atom is 0.280 e. The van der Waals surface area contributed by atoms with E-state index in [1.165, 1.54) is 6.66 Å². The van der Waals surface area contributed by atoms with Crippen molar-refractivity contribution in [3.63, 3.8) is 0 Å². The number of hydrogen-bond acceptors (Lipinski definition) is 9. The molecule has 30 heavy (non-hydrogen) atoms. The Morgan fingerprint density at radius 1 is 1.50 bits per heavy atom. The number of rotatable bonds is 7. The number of alkyl halides is 1. The van der Waals surface area contributed by atoms with E-state index in [4.69, 9.17) is 15.0 Å². The average Bonchev–Trinajstić information content (AvgIpc) is 3.15. The van der Waals surface area contributed by atoms with E-state index < -0.39 is 44.0 Å². The summed E-state index contributed by atoms with van der Waals surface area (Å²) < 4.78 is 39.5. The van der Waals surface area contributed by atoms with Gasteiger partial charge in [0.05, 0.1) is 6.33 Å². The Bertz CT molecular complexity index is 1030. The van der Waals surface area contributed by atoms with Crippen LogP contribution in [0.5, 0.6) is 0 Å². The predicted molar refractivity (Wildman–Crippen MR) is 105 cm³/mol. The standard InChI is InChI=1S/C16H26FN6O6P/c1-7(2)8(3)22-30(4,27)28-5-16(17)11(25)10(24)14(29-16)23-6-19-9-12(23)20-15(18)21-13(9)26/h6-8,10-11,14,24-25H,5H2,1-4H3,(H,22,27)(H3,18,20,21,26)/t8-,10-,11?,14+,16+,30?/m0/s1. The normalized spacial score (nSPS) is 30.1. The van der Waals surface area contributed by atoms with Gasteiger partial charge >= 0.3 is 0 Å². The smallest absolute Gasteiger partial charge is 0.280 e. The van der Waals surface area contributed by atoms with Gasteiger partial charge in [-0.3, -0.25) is 18.9 Å². The van der Waals surface area contributed by atoms with Crippen LogP contribution in [0.4, 0.5) is 10.3 Å². The average molecular weight is 448 g/mol. The summed E-state index contributed by atoms with van der Waals surface area (Å²) in [6.45, 7) is 6.02. The molecule has 168 valence electrons. The van der Waals surface area contributed by atoms with Crippen LogP contribution in [0, 0.1) is 5.92 Å². The summed E-state index contributed by atoms with van der Waals surface area (Å²) in [6, 6.07) is -0.170. The Hall–Kier alpha value is -1.89. The van der Waals surface area contributed by atoms with Crippen LogP contribution in [-0.4, -0.2) is 67.1 Å². The van der Waals surface area contributed by atoms with E-state index in [1.807, 2.05) is 13.8 Å². The van der Waals surface area contributed by atoms with Crippen molar-refractivity contribution in [2.75, 3.05) is 19.0 Å². The van der Waals surface area contributed by atoms with Gasteiger partial charge in [-0.1, -0.05) is 13.8 Å². The molecular weight excluding hydrogens is 422 g/mol. The molecule has 0 aliphatic carbocycles. The molecule has 3 rings (SSSR count). The fraction of sp³-hybridized carbons (Fsp3) is 0.688. The Kier molecular flexibility index (Phi) is 6.07. The highest BCUT2D eigenvalue weighted by atomic mass is 31.2. The fourth-order valence-electron chi connectivity index (χ4n) is 2.99. The number of aliphatic hydroxyl groups excluding tert-OH is 2. The number of hydrogen-bond donors (Lipinski definition) is 5. The first-order valence-corrected chi connectivity index (χ1v) is 11.4. The van der Waals surface area contributed by atoms with E-state index in [0.29, 0.717) is 0 Å². The van der Waals surface area contributed by atoms with Gasteiger partial charge in [0.25, 0.3) is 18.9 Å². The van der Waals surface area contributed by atoms with Crippen LogP contribution in [0.1, 0.15) is 27.0 Å². The van der Waals surface area contributed by atoms with E-state index in [0.717, 1.165) is 10.9 Å². The van der Waals surface area contributed by atoms with Gasteiger partial charge in [-0.2, -0.15) is 4.98 Å². The first-order valence-electron chi connectivity index (χ1n) is 9.29. The Labute approximate surface area is 171 Å². The molecule has 14 heteroatoms. The SMILES string of the molecule is CC(C)[C@H](C)NP(C)(=O)OC[C@@]1(F)O[C@@H](n2cnc3c(=O)[nH]c(N)nc32)[C@@H](O)C1O. The number of nitrogens with zero attached hydrogens (tertiary/aromatic N) is 3. The molecule has 6 atom stereocenters. The molecular formula is C16H26FN6O6P. The second-order valence-corrected chi connectivity index (χ2v) is 9.99. The topological polar surface area (TPSA) is 178 Å². The molecule has 0 bridgehead atoms. The van der Waals surface area contributed by atoms with Gasteiger partial charge in [-0.15, -0.1) is 0 Å². The molecule has 12 nitrogen and oxygen atoms in total. The number of nitrogen functional groups attached to an aromatic ring is 1. The van der Waals surface area contributed by atoms with Crippen molar-refractivity contribution in [2.45, 2.75) is 51.1 Å². The van der Waals surface area contributed by atoms with Crippen molar-refractivity contribution in [3.8, 4) is 0 Å². The molecule has 0 saturated carbocycles. The number of imidazole rings is 1. The summed E-state index contributed by atoms with van der Waals surface area (Å²) in [5.74, 6) is -2.94. The zero-order chi connectivity index (χ0) is 22.4. The van der Waals surface area contributed by atoms with E-state index in [1.54, 1.807) is 6.92 Å². The number of nitrogens with one attached hydrogen (secondary N) is 2. The van der Waals surface area contributed by atoms with Gasteiger partial charge in [-0.05, 0) is 12.8 Å². The molecule has 3 heterocycles. The zero-order valence-electron chi connectivity index (χ0n) is 16.9. The van der Waals surface area contributed by atoms with Crippen molar-refractivity contribution >= 4 is 24.6 Å². The van der Waals surface area contributed by atoms with Crippen molar-refractivity contribution in [1.29, 1.82) is 0 Å². The number of aromatic nitrogens is 4. The minimum Gasteiger partial charge on any atom is -0.385 e. The number of nitrogens with two attached hydrogens (primary N) is 1. The van der Waals surface area contributed by atoms with Crippen LogP contribution >= 0.6 is 7.52 Å². The van der Waals surface area contributed by atoms with Gasteiger partial charge in [-0.25, -0.2) is 14.5 Å². The maximum atomic E-state index is 15.3. The first kappa shape index (κ1) is 22.8. The van der Waals surface area contributed by atoms with Gasteiger partial charge in [0.15, 0.2) is 17.4 Å². The van der Waals surface area contributed by atoms with E-state index in [9.17, 15) is 19.6 Å². The van der Waals surface area contributed by atoms with E-state index >= 15 is 4.39 Å².